The fraction of sp³-hybridized carbons (Fsp3) is 0.375. The molecule has 0 N–H and O–H groups in total. The van der Waals surface area contributed by atoms with Gasteiger partial charge in [0.05, 0.1) is 28.6 Å². The number of amides is 1. The summed E-state index contributed by atoms with van der Waals surface area (Å²) in [5.41, 5.74) is -0.148. The van der Waals surface area contributed by atoms with Gasteiger partial charge in [0.2, 0.25) is 5.91 Å². The van der Waals surface area contributed by atoms with Crippen LogP contribution >= 0.6 is 23.2 Å². The van der Waals surface area contributed by atoms with Gasteiger partial charge in [-0.1, -0.05) is 47.5 Å². The zero-order chi connectivity index (χ0) is 16.4. The third kappa shape index (κ3) is 2.04. The number of aliphatic carboxylic acids is 1. The molecule has 3 heterocycles. The van der Waals surface area contributed by atoms with E-state index in [1.807, 2.05) is 0 Å². The second kappa shape index (κ2) is 4.97. The molecule has 1 aromatic carbocycles. The lowest BCUT2D eigenvalue weighted by atomic mass is 9.77. The smallest absolute Gasteiger partial charge is 0.230 e. The topological polar surface area (TPSA) is 69.7 Å². The molecule has 1 spiro atoms. The van der Waals surface area contributed by atoms with Gasteiger partial charge in [-0.05, 0) is 11.6 Å². The van der Waals surface area contributed by atoms with Gasteiger partial charge in [0.1, 0.15) is 5.60 Å². The first-order valence-electron chi connectivity index (χ1n) is 7.23. The minimum Gasteiger partial charge on any atom is -0.550 e. The lowest BCUT2D eigenvalue weighted by Crippen LogP contribution is -2.45. The summed E-state index contributed by atoms with van der Waals surface area (Å²) in [4.78, 5) is 25.7. The number of carboxylic acid groups (broad SMARTS) is 1. The van der Waals surface area contributed by atoms with E-state index in [2.05, 4.69) is 0 Å². The van der Waals surface area contributed by atoms with E-state index in [0.717, 1.165) is 0 Å². The highest BCUT2D eigenvalue weighted by Gasteiger charge is 2.65. The summed E-state index contributed by atoms with van der Waals surface area (Å²) in [7, 11) is 0. The van der Waals surface area contributed by atoms with Crippen molar-refractivity contribution in [2.45, 2.75) is 18.2 Å². The van der Waals surface area contributed by atoms with Crippen molar-refractivity contribution in [1.82, 2.24) is 4.90 Å². The minimum absolute atomic E-state index is 0.248. The van der Waals surface area contributed by atoms with Crippen molar-refractivity contribution < 1.29 is 19.4 Å². The van der Waals surface area contributed by atoms with Gasteiger partial charge in [-0.2, -0.15) is 0 Å². The number of likely N-dealkylation sites (tertiary alicyclic amines) is 1. The highest BCUT2D eigenvalue weighted by Crippen LogP contribution is 2.52. The van der Waals surface area contributed by atoms with Crippen molar-refractivity contribution in [3.8, 4) is 0 Å². The van der Waals surface area contributed by atoms with E-state index >= 15 is 0 Å². The lowest BCUT2D eigenvalue weighted by molar-refractivity contribution is -0.313. The van der Waals surface area contributed by atoms with E-state index in [9.17, 15) is 14.7 Å². The number of nitrogens with zero attached hydrogens (tertiary/aromatic N) is 1. The van der Waals surface area contributed by atoms with Crippen molar-refractivity contribution in [2.24, 2.45) is 11.8 Å². The number of rotatable bonds is 3. The molecule has 5 nitrogen and oxygen atoms in total. The van der Waals surface area contributed by atoms with Crippen LogP contribution in [0.2, 0.25) is 10.0 Å². The normalized spacial score (nSPS) is 34.3. The maximum atomic E-state index is 12.7. The molecule has 3 aliphatic heterocycles. The summed E-state index contributed by atoms with van der Waals surface area (Å²) >= 11 is 12.2. The first-order valence-corrected chi connectivity index (χ1v) is 7.98. The first kappa shape index (κ1) is 15.0. The van der Waals surface area contributed by atoms with Crippen LogP contribution in [0.15, 0.2) is 30.4 Å². The molecule has 2 fully saturated rings. The molecule has 0 saturated carbocycles. The Morgan fingerprint density at radius 3 is 2.96 bits per heavy atom. The van der Waals surface area contributed by atoms with Crippen molar-refractivity contribution in [3.05, 3.63) is 46.0 Å². The average molecular weight is 353 g/mol. The Morgan fingerprint density at radius 2 is 2.22 bits per heavy atom. The fourth-order valence-corrected chi connectivity index (χ4v) is 4.24. The molecular weight excluding hydrogens is 341 g/mol. The Bertz CT molecular complexity index is 750. The third-order valence-electron chi connectivity index (χ3n) is 4.84. The van der Waals surface area contributed by atoms with Gasteiger partial charge < -0.3 is 19.5 Å². The number of ether oxygens (including phenoxy) is 1. The highest BCUT2D eigenvalue weighted by molar-refractivity contribution is 6.42. The number of hydrogen-bond donors (Lipinski definition) is 0. The monoisotopic (exact) mass is 352 g/mol. The number of halogens is 2. The van der Waals surface area contributed by atoms with Gasteiger partial charge in [0.15, 0.2) is 0 Å². The molecule has 1 amide bonds. The van der Waals surface area contributed by atoms with Crippen molar-refractivity contribution in [1.29, 1.82) is 0 Å². The largest absolute Gasteiger partial charge is 0.550 e. The number of carbonyl (C=O) groups excluding carboxylic acids is 2. The summed E-state index contributed by atoms with van der Waals surface area (Å²) in [6.07, 6.45) is 2.94. The molecule has 0 aliphatic carbocycles. The zero-order valence-corrected chi connectivity index (χ0v) is 13.4. The molecule has 0 radical (unpaired) electrons. The fourth-order valence-electron chi connectivity index (χ4n) is 3.86. The predicted molar refractivity (Wildman–Crippen MR) is 80.6 cm³/mol. The van der Waals surface area contributed by atoms with E-state index < -0.39 is 29.5 Å². The molecule has 4 atom stereocenters. The van der Waals surface area contributed by atoms with Crippen LogP contribution in [0.5, 0.6) is 0 Å². The Labute approximate surface area is 142 Å². The molecular formula is C16H12Cl2NO4-. The van der Waals surface area contributed by atoms with Crippen LogP contribution < -0.4 is 5.11 Å². The van der Waals surface area contributed by atoms with Crippen LogP contribution in [-0.4, -0.2) is 35.0 Å². The van der Waals surface area contributed by atoms with Crippen LogP contribution in [-0.2, 0) is 20.9 Å². The van der Waals surface area contributed by atoms with Crippen LogP contribution in [0.3, 0.4) is 0 Å². The highest BCUT2D eigenvalue weighted by atomic mass is 35.5. The molecule has 3 aliphatic rings. The summed E-state index contributed by atoms with van der Waals surface area (Å²) in [5.74, 6) is -3.17. The van der Waals surface area contributed by atoms with Crippen LogP contribution in [0.25, 0.3) is 0 Å². The van der Waals surface area contributed by atoms with Crippen LogP contribution in [0.1, 0.15) is 5.56 Å². The second-order valence-corrected chi connectivity index (χ2v) is 6.91. The number of fused-ring (bicyclic) bond motifs is 1. The summed E-state index contributed by atoms with van der Waals surface area (Å²) in [6.45, 7) is 0.564. The summed E-state index contributed by atoms with van der Waals surface area (Å²) in [5, 5.41) is 12.2. The van der Waals surface area contributed by atoms with Crippen LogP contribution in [0.4, 0.5) is 0 Å². The Kier molecular flexibility index (Phi) is 3.24. The van der Waals surface area contributed by atoms with Crippen molar-refractivity contribution >= 4 is 35.1 Å². The van der Waals surface area contributed by atoms with Gasteiger partial charge in [0.25, 0.3) is 0 Å². The van der Waals surface area contributed by atoms with E-state index in [1.54, 1.807) is 35.3 Å². The number of carboxylic acids is 1. The van der Waals surface area contributed by atoms with Crippen LogP contribution in [0, 0.1) is 11.8 Å². The first-order chi connectivity index (χ1) is 10.9. The Hall–Kier alpha value is -1.56. The van der Waals surface area contributed by atoms with Gasteiger partial charge in [-0.25, -0.2) is 0 Å². The van der Waals surface area contributed by atoms with Gasteiger partial charge in [0, 0.05) is 18.4 Å². The summed E-state index contributed by atoms with van der Waals surface area (Å²) < 4.78 is 5.80. The second-order valence-electron chi connectivity index (χ2n) is 6.13. The molecule has 4 rings (SSSR count). The predicted octanol–water partition coefficient (Wildman–Crippen LogP) is 1.03. The lowest BCUT2D eigenvalue weighted by Gasteiger charge is -2.24. The van der Waals surface area contributed by atoms with Gasteiger partial charge >= 0.3 is 0 Å². The van der Waals surface area contributed by atoms with Gasteiger partial charge in [-0.15, -0.1) is 0 Å². The SMILES string of the molecule is O=C([O-])[C@@H]1[C@@H]2C=C[C@@]3(CN(Cc4cccc(Cl)c4Cl)C(=O)[C@@H]13)O2. The molecule has 7 heteroatoms. The third-order valence-corrected chi connectivity index (χ3v) is 5.70. The van der Waals surface area contributed by atoms with E-state index in [0.29, 0.717) is 22.2 Å². The standard InChI is InChI=1S/C16H13Cl2NO4/c17-9-3-1-2-8(13(9)18)6-19-7-16-5-4-10(23-16)11(15(21)22)12(16)14(19)20/h1-5,10-12H,6-7H2,(H,21,22)/p-1/t10-,11+,12+,16-/m0/s1. The number of carbonyl (C=O) groups is 2. The average Bonchev–Trinajstić information content (AvgIpc) is 3.13. The molecule has 23 heavy (non-hydrogen) atoms. The maximum Gasteiger partial charge on any atom is 0.230 e. The van der Waals surface area contributed by atoms with E-state index in [-0.39, 0.29) is 12.5 Å². The number of benzene rings is 1. The molecule has 1 aromatic rings. The van der Waals surface area contributed by atoms with E-state index in [1.165, 1.54) is 0 Å². The van der Waals surface area contributed by atoms with Crippen molar-refractivity contribution in [3.63, 3.8) is 0 Å². The minimum atomic E-state index is -1.25. The molecule has 120 valence electrons. The Morgan fingerprint density at radius 1 is 1.43 bits per heavy atom. The zero-order valence-electron chi connectivity index (χ0n) is 11.9. The van der Waals surface area contributed by atoms with Crippen molar-refractivity contribution in [2.75, 3.05) is 6.54 Å². The van der Waals surface area contributed by atoms with E-state index in [4.69, 9.17) is 27.9 Å². The molecule has 0 aromatic heterocycles. The maximum absolute atomic E-state index is 12.7. The summed E-state index contributed by atoms with van der Waals surface area (Å²) in [6, 6.07) is 5.22. The molecule has 0 unspecified atom stereocenters. The van der Waals surface area contributed by atoms with Gasteiger partial charge in [-0.3, -0.25) is 4.79 Å². The number of hydrogen-bond acceptors (Lipinski definition) is 4. The molecule has 2 saturated heterocycles. The quantitative estimate of drug-likeness (QED) is 0.761. The molecule has 2 bridgehead atoms. The Balaban J connectivity index is 1.64.